The zero-order valence-electron chi connectivity index (χ0n) is 15.0. The van der Waals surface area contributed by atoms with Crippen molar-refractivity contribution < 1.29 is 4.79 Å². The molecule has 1 unspecified atom stereocenters. The molecule has 1 aromatic carbocycles. The number of rotatable bonds is 5. The van der Waals surface area contributed by atoms with Crippen molar-refractivity contribution >= 4 is 17.8 Å². The molecule has 0 aliphatic carbocycles. The second-order valence-electron chi connectivity index (χ2n) is 7.02. The van der Waals surface area contributed by atoms with Crippen LogP contribution in [0.3, 0.4) is 0 Å². The monoisotopic (exact) mass is 326 g/mol. The molecule has 0 radical (unpaired) electrons. The summed E-state index contributed by atoms with van der Waals surface area (Å²) in [5.74, 6) is 0.0839. The van der Waals surface area contributed by atoms with Crippen molar-refractivity contribution in [3.05, 3.63) is 29.3 Å². The first-order valence-corrected chi connectivity index (χ1v) is 8.49. The van der Waals surface area contributed by atoms with E-state index in [0.29, 0.717) is 5.92 Å². The van der Waals surface area contributed by atoms with Crippen molar-refractivity contribution in [1.29, 1.82) is 5.26 Å². The third-order valence-corrected chi connectivity index (χ3v) is 4.50. The molecule has 5 nitrogen and oxygen atoms in total. The van der Waals surface area contributed by atoms with Gasteiger partial charge in [-0.25, -0.2) is 5.43 Å². The average molecular weight is 326 g/mol. The number of fused-ring (bicyclic) bond motifs is 1. The highest BCUT2D eigenvalue weighted by atomic mass is 16.2. The minimum Gasteiger partial charge on any atom is -0.366 e. The molecule has 24 heavy (non-hydrogen) atoms. The highest BCUT2D eigenvalue weighted by molar-refractivity contribution is 5.84. The van der Waals surface area contributed by atoms with Crippen LogP contribution in [0.25, 0.3) is 0 Å². The molecule has 0 saturated heterocycles. The van der Waals surface area contributed by atoms with Gasteiger partial charge in [0.1, 0.15) is 6.42 Å². The van der Waals surface area contributed by atoms with Crippen LogP contribution in [0.2, 0.25) is 0 Å². The van der Waals surface area contributed by atoms with E-state index in [2.05, 4.69) is 55.3 Å². The lowest BCUT2D eigenvalue weighted by atomic mass is 9.79. The van der Waals surface area contributed by atoms with Crippen LogP contribution in [0, 0.1) is 11.3 Å². The summed E-state index contributed by atoms with van der Waals surface area (Å²) >= 11 is 0. The van der Waals surface area contributed by atoms with Crippen LogP contribution in [0.5, 0.6) is 0 Å². The molecule has 1 aliphatic rings. The zero-order chi connectivity index (χ0) is 17.7. The molecule has 1 aliphatic heterocycles. The van der Waals surface area contributed by atoms with Gasteiger partial charge in [0.15, 0.2) is 0 Å². The quantitative estimate of drug-likeness (QED) is 0.664. The number of hydrogen-bond donors (Lipinski definition) is 1. The third-order valence-electron chi connectivity index (χ3n) is 4.50. The van der Waals surface area contributed by atoms with Gasteiger partial charge in [-0.2, -0.15) is 10.4 Å². The van der Waals surface area contributed by atoms with Crippen molar-refractivity contribution in [1.82, 2.24) is 5.43 Å². The summed E-state index contributed by atoms with van der Waals surface area (Å²) in [6.07, 6.45) is 3.68. The predicted octanol–water partition coefficient (Wildman–Crippen LogP) is 3.55. The van der Waals surface area contributed by atoms with Crippen molar-refractivity contribution in [3.63, 3.8) is 0 Å². The molecule has 1 atom stereocenters. The summed E-state index contributed by atoms with van der Waals surface area (Å²) in [5.41, 5.74) is 6.10. The number of benzene rings is 1. The summed E-state index contributed by atoms with van der Waals surface area (Å²) in [5, 5.41) is 12.4. The Bertz CT molecular complexity index is 672. The van der Waals surface area contributed by atoms with Crippen molar-refractivity contribution in [2.45, 2.75) is 58.4 Å². The number of nitrogens with zero attached hydrogens (tertiary/aromatic N) is 3. The minimum atomic E-state index is -0.393. The molecule has 128 valence electrons. The summed E-state index contributed by atoms with van der Waals surface area (Å²) < 4.78 is 0. The summed E-state index contributed by atoms with van der Waals surface area (Å²) in [7, 11) is 0. The Kier molecular flexibility index (Phi) is 5.61. The largest absolute Gasteiger partial charge is 0.366 e. The van der Waals surface area contributed by atoms with E-state index in [-0.39, 0.29) is 12.0 Å². The van der Waals surface area contributed by atoms with E-state index in [1.807, 2.05) is 6.07 Å². The lowest BCUT2D eigenvalue weighted by Gasteiger charge is -2.47. The van der Waals surface area contributed by atoms with Gasteiger partial charge in [0.25, 0.3) is 5.91 Å². The van der Waals surface area contributed by atoms with Crippen LogP contribution in [-0.2, 0) is 4.79 Å². The Morgan fingerprint density at radius 3 is 2.96 bits per heavy atom. The zero-order valence-corrected chi connectivity index (χ0v) is 15.0. The van der Waals surface area contributed by atoms with Gasteiger partial charge in [-0.05, 0) is 55.9 Å². The second kappa shape index (κ2) is 7.48. The van der Waals surface area contributed by atoms with E-state index >= 15 is 0 Å². The van der Waals surface area contributed by atoms with Gasteiger partial charge in [0.2, 0.25) is 0 Å². The van der Waals surface area contributed by atoms with Crippen LogP contribution in [-0.4, -0.2) is 24.2 Å². The van der Waals surface area contributed by atoms with Crippen LogP contribution in [0.4, 0.5) is 5.69 Å². The molecule has 2 rings (SSSR count). The standard InChI is InChI=1S/C19H26N4O/c1-5-10-23-17-7-6-15(13-21-22-18(24)8-9-20)11-16(17)14(2)12-19(23,3)4/h6-7,11,13-14H,5,8,10,12H2,1-4H3,(H,22,24)/b21-13-. The number of amides is 1. The van der Waals surface area contributed by atoms with E-state index in [1.54, 1.807) is 12.3 Å². The molecule has 1 heterocycles. The van der Waals surface area contributed by atoms with Crippen LogP contribution in [0.15, 0.2) is 23.3 Å². The maximum absolute atomic E-state index is 11.3. The van der Waals surface area contributed by atoms with Crippen LogP contribution in [0.1, 0.15) is 64.0 Å². The maximum Gasteiger partial charge on any atom is 0.254 e. The fraction of sp³-hybridized carbons (Fsp3) is 0.526. The number of carbonyl (C=O) groups is 1. The number of nitrogens with one attached hydrogen (secondary N) is 1. The van der Waals surface area contributed by atoms with Crippen LogP contribution < -0.4 is 10.3 Å². The first-order chi connectivity index (χ1) is 11.4. The molecular formula is C19H26N4O. The Hall–Kier alpha value is -2.35. The Balaban J connectivity index is 2.24. The van der Waals surface area contributed by atoms with Gasteiger partial charge in [-0.15, -0.1) is 0 Å². The number of hydrazone groups is 1. The fourth-order valence-electron chi connectivity index (χ4n) is 3.53. The molecule has 0 fully saturated rings. The fourth-order valence-corrected chi connectivity index (χ4v) is 3.53. The first kappa shape index (κ1) is 18.0. The lowest BCUT2D eigenvalue weighted by molar-refractivity contribution is -0.120. The van der Waals surface area contributed by atoms with E-state index in [1.165, 1.54) is 11.3 Å². The molecule has 0 aromatic heterocycles. The van der Waals surface area contributed by atoms with Gasteiger partial charge in [-0.3, -0.25) is 4.79 Å². The minimum absolute atomic E-state index is 0.156. The highest BCUT2D eigenvalue weighted by Crippen LogP contribution is 2.43. The lowest BCUT2D eigenvalue weighted by Crippen LogP contribution is -2.48. The number of nitriles is 1. The maximum atomic E-state index is 11.3. The molecule has 0 bridgehead atoms. The predicted molar refractivity (Wildman–Crippen MR) is 97.2 cm³/mol. The van der Waals surface area contributed by atoms with E-state index in [0.717, 1.165) is 24.9 Å². The van der Waals surface area contributed by atoms with Gasteiger partial charge in [0, 0.05) is 17.8 Å². The van der Waals surface area contributed by atoms with Gasteiger partial charge < -0.3 is 4.90 Å². The number of hydrogen-bond acceptors (Lipinski definition) is 4. The van der Waals surface area contributed by atoms with Crippen molar-refractivity contribution in [2.75, 3.05) is 11.4 Å². The summed E-state index contributed by atoms with van der Waals surface area (Å²) in [6.45, 7) is 10.1. The van der Waals surface area contributed by atoms with Gasteiger partial charge in [0.05, 0.1) is 12.3 Å². The molecule has 1 amide bonds. The summed E-state index contributed by atoms with van der Waals surface area (Å²) in [4.78, 5) is 13.7. The van der Waals surface area contributed by atoms with Crippen molar-refractivity contribution in [3.8, 4) is 6.07 Å². The van der Waals surface area contributed by atoms with Crippen molar-refractivity contribution in [2.24, 2.45) is 5.10 Å². The number of carbonyl (C=O) groups excluding carboxylic acids is 1. The molecule has 1 N–H and O–H groups in total. The van der Waals surface area contributed by atoms with Gasteiger partial charge in [-0.1, -0.05) is 19.9 Å². The highest BCUT2D eigenvalue weighted by Gasteiger charge is 2.35. The smallest absolute Gasteiger partial charge is 0.254 e. The SMILES string of the molecule is CCCN1c2ccc(/C=N\NC(=O)CC#N)cc2C(C)CC1(C)C. The molecule has 0 saturated carbocycles. The van der Waals surface area contributed by atoms with Crippen LogP contribution >= 0.6 is 0 Å². The molecular weight excluding hydrogens is 300 g/mol. The molecule has 0 spiro atoms. The summed E-state index contributed by atoms with van der Waals surface area (Å²) in [6, 6.07) is 8.12. The second-order valence-corrected chi connectivity index (χ2v) is 7.02. The topological polar surface area (TPSA) is 68.5 Å². The Morgan fingerprint density at radius 1 is 1.54 bits per heavy atom. The van der Waals surface area contributed by atoms with E-state index in [4.69, 9.17) is 5.26 Å². The van der Waals surface area contributed by atoms with Gasteiger partial charge >= 0.3 is 0 Å². The Labute approximate surface area is 144 Å². The normalized spacial score (nSPS) is 19.0. The Morgan fingerprint density at radius 2 is 2.29 bits per heavy atom. The first-order valence-electron chi connectivity index (χ1n) is 8.49. The number of anilines is 1. The average Bonchev–Trinajstić information content (AvgIpc) is 2.51. The van der Waals surface area contributed by atoms with E-state index < -0.39 is 5.91 Å². The molecule has 1 aromatic rings. The van der Waals surface area contributed by atoms with E-state index in [9.17, 15) is 4.79 Å². The third kappa shape index (κ3) is 3.94. The molecule has 5 heteroatoms.